The molecule has 0 saturated carbocycles. The molecule has 4 nitrogen and oxygen atoms in total. The Bertz CT molecular complexity index is 964. The molecule has 1 unspecified atom stereocenters. The molecule has 1 N–H and O–H groups in total. The molecule has 2 heterocycles. The maximum Gasteiger partial charge on any atom is 0.130 e. The number of nitrogens with zero attached hydrogens (tertiary/aromatic N) is 2. The number of imidazole rings is 1. The summed E-state index contributed by atoms with van der Waals surface area (Å²) in [5, 5.41) is 3.54. The van der Waals surface area contributed by atoms with Crippen LogP contribution in [0.15, 0.2) is 54.9 Å². The van der Waals surface area contributed by atoms with Crippen LogP contribution in [0, 0.1) is 5.82 Å². The zero-order valence-corrected chi connectivity index (χ0v) is 15.9. The number of nitrogens with one attached hydrogen (secondary N) is 1. The number of aryl methyl sites for hydroxylation is 1. The minimum atomic E-state index is -0.245. The van der Waals surface area contributed by atoms with Gasteiger partial charge in [0.05, 0.1) is 6.04 Å². The van der Waals surface area contributed by atoms with Gasteiger partial charge in [-0.25, -0.2) is 9.37 Å². The molecule has 2 aromatic carbocycles. The van der Waals surface area contributed by atoms with Gasteiger partial charge < -0.3 is 9.30 Å². The van der Waals surface area contributed by atoms with Crippen molar-refractivity contribution >= 4 is 0 Å². The van der Waals surface area contributed by atoms with E-state index in [1.165, 1.54) is 17.2 Å². The normalized spacial score (nSPS) is 16.0. The third-order valence-corrected chi connectivity index (χ3v) is 4.94. The minimum Gasteiger partial charge on any atom is -0.487 e. The standard InChI is InChI=1S/C22H24FN3O/c1-22(2)13-17-11-15(7-8-19(17)27-22)14-25-20(21-24-9-10-26(21)3)16-5-4-6-18(23)12-16/h4-12,20,25H,13-14H2,1-3H3. The fourth-order valence-electron chi connectivity index (χ4n) is 3.69. The van der Waals surface area contributed by atoms with Crippen molar-refractivity contribution in [1.82, 2.24) is 14.9 Å². The molecule has 0 amide bonds. The molecule has 3 aromatic rings. The Balaban J connectivity index is 1.58. The van der Waals surface area contributed by atoms with Crippen molar-refractivity contribution in [1.29, 1.82) is 0 Å². The van der Waals surface area contributed by atoms with Crippen molar-refractivity contribution in [2.24, 2.45) is 7.05 Å². The van der Waals surface area contributed by atoms with Gasteiger partial charge in [0.25, 0.3) is 0 Å². The maximum atomic E-state index is 13.8. The fourth-order valence-corrected chi connectivity index (χ4v) is 3.69. The smallest absolute Gasteiger partial charge is 0.130 e. The quantitative estimate of drug-likeness (QED) is 0.738. The van der Waals surface area contributed by atoms with Crippen LogP contribution < -0.4 is 10.1 Å². The van der Waals surface area contributed by atoms with Gasteiger partial charge in [-0.15, -0.1) is 0 Å². The van der Waals surface area contributed by atoms with Crippen LogP contribution in [0.25, 0.3) is 0 Å². The van der Waals surface area contributed by atoms with Crippen LogP contribution in [0.4, 0.5) is 4.39 Å². The highest BCUT2D eigenvalue weighted by molar-refractivity contribution is 5.42. The van der Waals surface area contributed by atoms with Gasteiger partial charge in [-0.3, -0.25) is 5.32 Å². The first kappa shape index (κ1) is 17.7. The zero-order valence-electron chi connectivity index (χ0n) is 15.9. The van der Waals surface area contributed by atoms with Crippen LogP contribution in [-0.2, 0) is 20.0 Å². The fraction of sp³-hybridized carbons (Fsp3) is 0.318. The summed E-state index contributed by atoms with van der Waals surface area (Å²) in [6.45, 7) is 4.86. The summed E-state index contributed by atoms with van der Waals surface area (Å²) in [6.07, 6.45) is 4.57. The Morgan fingerprint density at radius 2 is 2.11 bits per heavy atom. The molecular formula is C22H24FN3O. The number of benzene rings is 2. The molecule has 0 saturated heterocycles. The minimum absolute atomic E-state index is 0.147. The maximum absolute atomic E-state index is 13.8. The molecule has 1 aromatic heterocycles. The van der Waals surface area contributed by atoms with Gasteiger partial charge in [-0.1, -0.05) is 24.3 Å². The van der Waals surface area contributed by atoms with E-state index in [0.29, 0.717) is 6.54 Å². The van der Waals surface area contributed by atoms with E-state index in [0.717, 1.165) is 23.6 Å². The summed E-state index contributed by atoms with van der Waals surface area (Å²) in [7, 11) is 1.95. The number of hydrogen-bond acceptors (Lipinski definition) is 3. The zero-order chi connectivity index (χ0) is 19.0. The van der Waals surface area contributed by atoms with Gasteiger partial charge in [0.1, 0.15) is 23.0 Å². The van der Waals surface area contributed by atoms with Crippen LogP contribution in [0.2, 0.25) is 0 Å². The second-order valence-corrected chi connectivity index (χ2v) is 7.75. The molecular weight excluding hydrogens is 341 g/mol. The summed E-state index contributed by atoms with van der Waals surface area (Å²) < 4.78 is 21.7. The second kappa shape index (κ2) is 6.82. The topological polar surface area (TPSA) is 39.1 Å². The summed E-state index contributed by atoms with van der Waals surface area (Å²) in [5.74, 6) is 1.58. The largest absolute Gasteiger partial charge is 0.487 e. The highest BCUT2D eigenvalue weighted by Gasteiger charge is 2.30. The summed E-state index contributed by atoms with van der Waals surface area (Å²) >= 11 is 0. The lowest BCUT2D eigenvalue weighted by Crippen LogP contribution is -2.25. The lowest BCUT2D eigenvalue weighted by Gasteiger charge is -2.19. The average Bonchev–Trinajstić information content (AvgIpc) is 3.16. The molecule has 27 heavy (non-hydrogen) atoms. The van der Waals surface area contributed by atoms with Gasteiger partial charge in [-0.2, -0.15) is 0 Å². The third-order valence-electron chi connectivity index (χ3n) is 4.94. The molecule has 0 aliphatic carbocycles. The molecule has 0 spiro atoms. The van der Waals surface area contributed by atoms with Crippen LogP contribution in [0.5, 0.6) is 5.75 Å². The monoisotopic (exact) mass is 365 g/mol. The van der Waals surface area contributed by atoms with Crippen LogP contribution in [0.3, 0.4) is 0 Å². The molecule has 5 heteroatoms. The van der Waals surface area contributed by atoms with E-state index < -0.39 is 0 Å². The third kappa shape index (κ3) is 3.74. The molecule has 0 radical (unpaired) electrons. The van der Waals surface area contributed by atoms with Crippen molar-refractivity contribution in [3.05, 3.63) is 83.2 Å². The number of rotatable bonds is 5. The molecule has 0 fully saturated rings. The van der Waals surface area contributed by atoms with E-state index in [4.69, 9.17) is 4.74 Å². The molecule has 140 valence electrons. The molecule has 1 atom stereocenters. The number of aromatic nitrogens is 2. The van der Waals surface area contributed by atoms with Crippen molar-refractivity contribution in [3.8, 4) is 5.75 Å². The van der Waals surface area contributed by atoms with Gasteiger partial charge in [0.2, 0.25) is 0 Å². The Labute approximate surface area is 159 Å². The van der Waals surface area contributed by atoms with Gasteiger partial charge >= 0.3 is 0 Å². The van der Waals surface area contributed by atoms with Crippen molar-refractivity contribution in [2.75, 3.05) is 0 Å². The molecule has 4 rings (SSSR count). The number of hydrogen-bond donors (Lipinski definition) is 1. The lowest BCUT2D eigenvalue weighted by atomic mass is 10.00. The van der Waals surface area contributed by atoms with Crippen molar-refractivity contribution in [3.63, 3.8) is 0 Å². The highest BCUT2D eigenvalue weighted by atomic mass is 19.1. The number of fused-ring (bicyclic) bond motifs is 1. The van der Waals surface area contributed by atoms with Gasteiger partial charge in [0, 0.05) is 32.4 Å². The van der Waals surface area contributed by atoms with E-state index in [9.17, 15) is 4.39 Å². The Hall–Kier alpha value is -2.66. The van der Waals surface area contributed by atoms with E-state index in [1.807, 2.05) is 29.9 Å². The van der Waals surface area contributed by atoms with Crippen LogP contribution in [0.1, 0.15) is 42.4 Å². The Morgan fingerprint density at radius 1 is 1.26 bits per heavy atom. The molecule has 1 aliphatic heterocycles. The van der Waals surface area contributed by atoms with Crippen molar-refractivity contribution in [2.45, 2.75) is 38.5 Å². The van der Waals surface area contributed by atoms with E-state index in [2.05, 4.69) is 36.3 Å². The van der Waals surface area contributed by atoms with Crippen LogP contribution in [-0.4, -0.2) is 15.2 Å². The predicted octanol–water partition coefficient (Wildman–Crippen LogP) is 4.15. The van der Waals surface area contributed by atoms with E-state index in [-0.39, 0.29) is 17.5 Å². The SMILES string of the molecule is Cn1ccnc1C(NCc1ccc2c(c1)CC(C)(C)O2)c1cccc(F)c1. The first-order chi connectivity index (χ1) is 12.9. The van der Waals surface area contributed by atoms with Gasteiger partial charge in [0.15, 0.2) is 0 Å². The molecule has 0 bridgehead atoms. The predicted molar refractivity (Wildman–Crippen MR) is 103 cm³/mol. The molecule has 1 aliphatic rings. The summed E-state index contributed by atoms with van der Waals surface area (Å²) in [6, 6.07) is 12.8. The summed E-state index contributed by atoms with van der Waals surface area (Å²) in [4.78, 5) is 4.47. The number of ether oxygens (including phenoxy) is 1. The highest BCUT2D eigenvalue weighted by Crippen LogP contribution is 2.35. The first-order valence-electron chi connectivity index (χ1n) is 9.18. The first-order valence-corrected chi connectivity index (χ1v) is 9.18. The van der Waals surface area contributed by atoms with E-state index in [1.54, 1.807) is 18.3 Å². The lowest BCUT2D eigenvalue weighted by molar-refractivity contribution is 0.138. The Morgan fingerprint density at radius 3 is 2.85 bits per heavy atom. The average molecular weight is 365 g/mol. The van der Waals surface area contributed by atoms with E-state index >= 15 is 0 Å². The summed E-state index contributed by atoms with van der Waals surface area (Å²) in [5.41, 5.74) is 3.12. The van der Waals surface area contributed by atoms with Crippen LogP contribution >= 0.6 is 0 Å². The second-order valence-electron chi connectivity index (χ2n) is 7.75. The van der Waals surface area contributed by atoms with Crippen molar-refractivity contribution < 1.29 is 9.13 Å². The Kier molecular flexibility index (Phi) is 4.48. The number of halogens is 1. The van der Waals surface area contributed by atoms with Gasteiger partial charge in [-0.05, 0) is 48.7 Å².